The first-order valence-corrected chi connectivity index (χ1v) is 9.64. The Morgan fingerprint density at radius 3 is 2.15 bits per heavy atom. The van der Waals surface area contributed by atoms with Crippen molar-refractivity contribution in [1.82, 2.24) is 4.72 Å². The predicted octanol–water partition coefficient (Wildman–Crippen LogP) is 1.77. The fourth-order valence-corrected chi connectivity index (χ4v) is 3.38. The number of hydrogen-bond acceptors (Lipinski definition) is 6. The summed E-state index contributed by atoms with van der Waals surface area (Å²) < 4.78 is 42.1. The Morgan fingerprint density at radius 2 is 1.56 bits per heavy atom. The van der Waals surface area contributed by atoms with Crippen molar-refractivity contribution in [3.63, 3.8) is 0 Å². The van der Waals surface area contributed by atoms with Crippen LogP contribution in [0, 0.1) is 0 Å². The van der Waals surface area contributed by atoms with Gasteiger partial charge in [0.2, 0.25) is 15.9 Å². The second-order valence-electron chi connectivity index (χ2n) is 5.53. The summed E-state index contributed by atoms with van der Waals surface area (Å²) in [5.41, 5.74) is 0.998. The van der Waals surface area contributed by atoms with E-state index in [1.807, 2.05) is 0 Å². The lowest BCUT2D eigenvalue weighted by Gasteiger charge is -2.12. The highest BCUT2D eigenvalue weighted by Gasteiger charge is 2.17. The zero-order chi connectivity index (χ0) is 19.9. The first-order chi connectivity index (χ1) is 12.9. The number of sulfonamides is 1. The zero-order valence-corrected chi connectivity index (χ0v) is 16.1. The summed E-state index contributed by atoms with van der Waals surface area (Å²) in [6.45, 7) is -0.382. The number of hydrogen-bond donors (Lipinski definition) is 2. The van der Waals surface area contributed by atoms with Crippen molar-refractivity contribution in [2.45, 2.75) is 5.75 Å². The van der Waals surface area contributed by atoms with E-state index in [0.29, 0.717) is 28.5 Å². The van der Waals surface area contributed by atoms with Crippen LogP contribution in [0.25, 0.3) is 0 Å². The van der Waals surface area contributed by atoms with Gasteiger partial charge in [-0.3, -0.25) is 4.79 Å². The van der Waals surface area contributed by atoms with Gasteiger partial charge < -0.3 is 19.5 Å². The summed E-state index contributed by atoms with van der Waals surface area (Å²) in [6, 6.07) is 11.5. The van der Waals surface area contributed by atoms with E-state index in [4.69, 9.17) is 14.2 Å². The Kier molecular flexibility index (Phi) is 7.03. The van der Waals surface area contributed by atoms with E-state index in [1.165, 1.54) is 14.2 Å². The van der Waals surface area contributed by atoms with Gasteiger partial charge in [-0.15, -0.1) is 0 Å². The molecule has 146 valence electrons. The Labute approximate surface area is 158 Å². The topological polar surface area (TPSA) is 103 Å². The SMILES string of the molecule is COc1ccc(NC(=O)CNS(=O)(=O)Cc2ccc(OC)cc2OC)cc1. The molecule has 27 heavy (non-hydrogen) atoms. The number of ether oxygens (including phenoxy) is 3. The molecule has 2 rings (SSSR count). The minimum absolute atomic E-state index is 0.323. The molecule has 0 radical (unpaired) electrons. The highest BCUT2D eigenvalue weighted by molar-refractivity contribution is 7.88. The number of anilines is 1. The molecule has 0 saturated heterocycles. The number of carbonyl (C=O) groups excluding carboxylic acids is 1. The largest absolute Gasteiger partial charge is 0.497 e. The molecule has 0 bridgehead atoms. The van der Waals surface area contributed by atoms with Crippen LogP contribution in [0.5, 0.6) is 17.2 Å². The normalized spacial score (nSPS) is 10.9. The van der Waals surface area contributed by atoms with E-state index < -0.39 is 15.9 Å². The molecule has 0 heterocycles. The smallest absolute Gasteiger partial charge is 0.239 e. The first-order valence-electron chi connectivity index (χ1n) is 7.99. The van der Waals surface area contributed by atoms with Crippen LogP contribution >= 0.6 is 0 Å². The fourth-order valence-electron chi connectivity index (χ4n) is 2.28. The quantitative estimate of drug-likeness (QED) is 0.672. The molecule has 0 aliphatic rings. The van der Waals surface area contributed by atoms with Crippen molar-refractivity contribution in [2.75, 3.05) is 33.2 Å². The second-order valence-corrected chi connectivity index (χ2v) is 7.34. The molecule has 0 fully saturated rings. The Hall–Kier alpha value is -2.78. The van der Waals surface area contributed by atoms with Crippen LogP contribution in [0.4, 0.5) is 5.69 Å². The number of benzene rings is 2. The summed E-state index contributed by atoms with van der Waals surface area (Å²) >= 11 is 0. The minimum Gasteiger partial charge on any atom is -0.497 e. The number of amides is 1. The van der Waals surface area contributed by atoms with Crippen LogP contribution in [-0.2, 0) is 20.6 Å². The van der Waals surface area contributed by atoms with Crippen molar-refractivity contribution in [3.8, 4) is 17.2 Å². The van der Waals surface area contributed by atoms with Crippen molar-refractivity contribution >= 4 is 21.6 Å². The molecule has 0 aliphatic heterocycles. The number of nitrogens with one attached hydrogen (secondary N) is 2. The van der Waals surface area contributed by atoms with Gasteiger partial charge in [0.25, 0.3) is 0 Å². The van der Waals surface area contributed by atoms with Crippen molar-refractivity contribution in [2.24, 2.45) is 0 Å². The monoisotopic (exact) mass is 394 g/mol. The molecule has 0 atom stereocenters. The predicted molar refractivity (Wildman–Crippen MR) is 102 cm³/mol. The number of carbonyl (C=O) groups is 1. The maximum Gasteiger partial charge on any atom is 0.239 e. The van der Waals surface area contributed by atoms with Crippen LogP contribution in [0.2, 0.25) is 0 Å². The molecule has 0 unspecified atom stereocenters. The van der Waals surface area contributed by atoms with Gasteiger partial charge in [0.1, 0.15) is 17.2 Å². The molecule has 8 nitrogen and oxygen atoms in total. The van der Waals surface area contributed by atoms with Crippen LogP contribution in [0.3, 0.4) is 0 Å². The molecule has 0 spiro atoms. The molecule has 1 amide bonds. The highest BCUT2D eigenvalue weighted by atomic mass is 32.2. The average molecular weight is 394 g/mol. The van der Waals surface area contributed by atoms with Crippen molar-refractivity contribution in [1.29, 1.82) is 0 Å². The van der Waals surface area contributed by atoms with Crippen LogP contribution in [-0.4, -0.2) is 42.2 Å². The molecule has 9 heteroatoms. The Morgan fingerprint density at radius 1 is 0.926 bits per heavy atom. The minimum atomic E-state index is -3.74. The average Bonchev–Trinajstić information content (AvgIpc) is 2.67. The third-order valence-corrected chi connectivity index (χ3v) is 4.94. The molecule has 0 aromatic heterocycles. The van der Waals surface area contributed by atoms with Crippen LogP contribution in [0.1, 0.15) is 5.56 Å². The van der Waals surface area contributed by atoms with Crippen LogP contribution in [0.15, 0.2) is 42.5 Å². The van der Waals surface area contributed by atoms with Gasteiger partial charge in [0.15, 0.2) is 0 Å². The molecule has 2 N–H and O–H groups in total. The summed E-state index contributed by atoms with van der Waals surface area (Å²) in [5, 5.41) is 2.60. The third-order valence-electron chi connectivity index (χ3n) is 3.67. The number of rotatable bonds is 9. The molecule has 2 aromatic rings. The lowest BCUT2D eigenvalue weighted by molar-refractivity contribution is -0.115. The Balaban J connectivity index is 1.94. The van der Waals surface area contributed by atoms with Gasteiger partial charge in [-0.25, -0.2) is 13.1 Å². The van der Waals surface area contributed by atoms with E-state index in [9.17, 15) is 13.2 Å². The fraction of sp³-hybridized carbons (Fsp3) is 0.278. The first kappa shape index (κ1) is 20.5. The van der Waals surface area contributed by atoms with Crippen molar-refractivity contribution < 1.29 is 27.4 Å². The summed E-state index contributed by atoms with van der Waals surface area (Å²) in [5.74, 6) is 0.797. The summed E-state index contributed by atoms with van der Waals surface area (Å²) in [6.07, 6.45) is 0. The second kappa shape index (κ2) is 9.24. The lowest BCUT2D eigenvalue weighted by Crippen LogP contribution is -2.33. The zero-order valence-electron chi connectivity index (χ0n) is 15.3. The summed E-state index contributed by atoms with van der Waals surface area (Å²) in [4.78, 5) is 12.0. The van der Waals surface area contributed by atoms with E-state index >= 15 is 0 Å². The van der Waals surface area contributed by atoms with Gasteiger partial charge in [-0.2, -0.15) is 0 Å². The van der Waals surface area contributed by atoms with Crippen LogP contribution < -0.4 is 24.2 Å². The maximum absolute atomic E-state index is 12.3. The molecular weight excluding hydrogens is 372 g/mol. The summed E-state index contributed by atoms with van der Waals surface area (Å²) in [7, 11) is 0.759. The van der Waals surface area contributed by atoms with E-state index in [-0.39, 0.29) is 12.3 Å². The standard InChI is InChI=1S/C18H22N2O6S/c1-24-15-8-5-14(6-9-15)20-18(21)11-19-27(22,23)12-13-4-7-16(25-2)10-17(13)26-3/h4-10,19H,11-12H2,1-3H3,(H,20,21). The lowest BCUT2D eigenvalue weighted by atomic mass is 10.2. The highest BCUT2D eigenvalue weighted by Crippen LogP contribution is 2.25. The van der Waals surface area contributed by atoms with Gasteiger partial charge in [0.05, 0.1) is 33.6 Å². The van der Waals surface area contributed by atoms with Gasteiger partial charge in [-0.1, -0.05) is 6.07 Å². The molecule has 0 saturated carbocycles. The Bertz CT molecular complexity index is 881. The number of methoxy groups -OCH3 is 3. The molecule has 0 aliphatic carbocycles. The van der Waals surface area contributed by atoms with E-state index in [0.717, 1.165) is 0 Å². The molecular formula is C18H22N2O6S. The third kappa shape index (κ3) is 6.15. The van der Waals surface area contributed by atoms with E-state index in [2.05, 4.69) is 10.0 Å². The van der Waals surface area contributed by atoms with E-state index in [1.54, 1.807) is 49.6 Å². The molecule has 2 aromatic carbocycles. The maximum atomic E-state index is 12.3. The van der Waals surface area contributed by atoms with Crippen molar-refractivity contribution in [3.05, 3.63) is 48.0 Å². The van der Waals surface area contributed by atoms with Gasteiger partial charge >= 0.3 is 0 Å². The van der Waals surface area contributed by atoms with Gasteiger partial charge in [0, 0.05) is 17.3 Å². The van der Waals surface area contributed by atoms with Gasteiger partial charge in [-0.05, 0) is 30.3 Å².